The first-order valence-corrected chi connectivity index (χ1v) is 7.00. The summed E-state index contributed by atoms with van der Waals surface area (Å²) in [7, 11) is -3.02. The zero-order valence-corrected chi connectivity index (χ0v) is 9.57. The molecule has 0 atom stereocenters. The lowest BCUT2D eigenvalue weighted by Crippen LogP contribution is -2.43. The van der Waals surface area contributed by atoms with Crippen LogP contribution in [0.25, 0.3) is 0 Å². The zero-order valence-electron chi connectivity index (χ0n) is 8.75. The smallest absolute Gasteiger partial charge is 0.211 e. The SMILES string of the molecule is CCCCS(=O)(=O)NC1CCNCC1. The molecule has 1 aliphatic heterocycles. The molecule has 1 aliphatic rings. The highest BCUT2D eigenvalue weighted by molar-refractivity contribution is 7.89. The molecule has 0 unspecified atom stereocenters. The van der Waals surface area contributed by atoms with Crippen LogP contribution in [-0.4, -0.2) is 33.3 Å². The topological polar surface area (TPSA) is 58.2 Å². The van der Waals surface area contributed by atoms with Crippen molar-refractivity contribution in [3.05, 3.63) is 0 Å². The van der Waals surface area contributed by atoms with E-state index in [0.717, 1.165) is 38.8 Å². The summed E-state index contributed by atoms with van der Waals surface area (Å²) in [5.74, 6) is 0.271. The summed E-state index contributed by atoms with van der Waals surface area (Å²) in [6, 6.07) is 0.151. The Hall–Kier alpha value is -0.130. The van der Waals surface area contributed by atoms with Crippen molar-refractivity contribution >= 4 is 10.0 Å². The van der Waals surface area contributed by atoms with Gasteiger partial charge in [-0.2, -0.15) is 0 Å². The number of unbranched alkanes of at least 4 members (excludes halogenated alkanes) is 1. The van der Waals surface area contributed by atoms with Gasteiger partial charge in [-0.3, -0.25) is 0 Å². The van der Waals surface area contributed by atoms with Crippen LogP contribution in [-0.2, 0) is 10.0 Å². The van der Waals surface area contributed by atoms with Gasteiger partial charge in [-0.15, -0.1) is 0 Å². The molecule has 0 aromatic heterocycles. The van der Waals surface area contributed by atoms with E-state index in [9.17, 15) is 8.42 Å². The average Bonchev–Trinajstić information content (AvgIpc) is 2.16. The van der Waals surface area contributed by atoms with Gasteiger partial charge in [0.15, 0.2) is 0 Å². The quantitative estimate of drug-likeness (QED) is 0.707. The van der Waals surface area contributed by atoms with Crippen LogP contribution in [0, 0.1) is 0 Å². The summed E-state index contributed by atoms with van der Waals surface area (Å²) in [6.07, 6.45) is 3.49. The van der Waals surface area contributed by atoms with Gasteiger partial charge in [-0.05, 0) is 32.4 Å². The molecule has 0 amide bonds. The second-order valence-electron chi connectivity index (χ2n) is 3.81. The van der Waals surface area contributed by atoms with Crippen LogP contribution < -0.4 is 10.0 Å². The predicted octanol–water partition coefficient (Wildman–Crippen LogP) is 0.458. The first-order chi connectivity index (χ1) is 6.64. The van der Waals surface area contributed by atoms with Crippen molar-refractivity contribution in [2.75, 3.05) is 18.8 Å². The second-order valence-corrected chi connectivity index (χ2v) is 5.69. The maximum Gasteiger partial charge on any atom is 0.211 e. The number of hydrogen-bond acceptors (Lipinski definition) is 3. The van der Waals surface area contributed by atoms with Gasteiger partial charge < -0.3 is 5.32 Å². The molecule has 4 nitrogen and oxygen atoms in total. The minimum Gasteiger partial charge on any atom is -0.317 e. The zero-order chi connectivity index (χ0) is 10.4. The van der Waals surface area contributed by atoms with Gasteiger partial charge in [0.25, 0.3) is 0 Å². The Morgan fingerprint density at radius 3 is 2.57 bits per heavy atom. The van der Waals surface area contributed by atoms with Crippen molar-refractivity contribution in [1.29, 1.82) is 0 Å². The van der Waals surface area contributed by atoms with Gasteiger partial charge >= 0.3 is 0 Å². The molecular formula is C9H20N2O2S. The molecule has 0 spiro atoms. The Morgan fingerprint density at radius 1 is 1.36 bits per heavy atom. The molecule has 5 heteroatoms. The van der Waals surface area contributed by atoms with E-state index in [0.29, 0.717) is 0 Å². The summed E-state index contributed by atoms with van der Waals surface area (Å²) in [5.41, 5.74) is 0. The van der Waals surface area contributed by atoms with E-state index < -0.39 is 10.0 Å². The highest BCUT2D eigenvalue weighted by Crippen LogP contribution is 2.04. The molecule has 0 saturated carbocycles. The van der Waals surface area contributed by atoms with Gasteiger partial charge in [0.2, 0.25) is 10.0 Å². The fourth-order valence-corrected chi connectivity index (χ4v) is 3.12. The lowest BCUT2D eigenvalue weighted by molar-refractivity contribution is 0.426. The summed E-state index contributed by atoms with van der Waals surface area (Å²) in [5, 5.41) is 3.21. The molecule has 14 heavy (non-hydrogen) atoms. The van der Waals surface area contributed by atoms with Crippen molar-refractivity contribution in [1.82, 2.24) is 10.0 Å². The van der Waals surface area contributed by atoms with Crippen LogP contribution in [0.4, 0.5) is 0 Å². The lowest BCUT2D eigenvalue weighted by atomic mass is 10.1. The van der Waals surface area contributed by atoms with Crippen molar-refractivity contribution in [3.8, 4) is 0 Å². The fourth-order valence-electron chi connectivity index (χ4n) is 1.59. The second kappa shape index (κ2) is 5.68. The standard InChI is InChI=1S/C9H20N2O2S/c1-2-3-8-14(12,13)11-9-4-6-10-7-5-9/h9-11H,2-8H2,1H3. The Morgan fingerprint density at radius 2 is 2.00 bits per heavy atom. The Bertz CT molecular complexity index is 246. The van der Waals surface area contributed by atoms with Gasteiger partial charge in [-0.25, -0.2) is 13.1 Å². The number of nitrogens with one attached hydrogen (secondary N) is 2. The monoisotopic (exact) mass is 220 g/mol. The van der Waals surface area contributed by atoms with Gasteiger partial charge in [0.05, 0.1) is 5.75 Å². The van der Waals surface area contributed by atoms with Crippen molar-refractivity contribution in [3.63, 3.8) is 0 Å². The molecule has 0 radical (unpaired) electrons. The minimum absolute atomic E-state index is 0.151. The predicted molar refractivity (Wildman–Crippen MR) is 57.7 cm³/mol. The number of piperidine rings is 1. The normalized spacial score (nSPS) is 19.8. The fraction of sp³-hybridized carbons (Fsp3) is 1.00. The minimum atomic E-state index is -3.02. The molecule has 0 aliphatic carbocycles. The van der Waals surface area contributed by atoms with E-state index in [1.54, 1.807) is 0 Å². The van der Waals surface area contributed by atoms with Crippen LogP contribution in [0.2, 0.25) is 0 Å². The van der Waals surface area contributed by atoms with Gasteiger partial charge in [0, 0.05) is 6.04 Å². The number of sulfonamides is 1. The summed E-state index contributed by atoms with van der Waals surface area (Å²) < 4.78 is 25.8. The highest BCUT2D eigenvalue weighted by atomic mass is 32.2. The molecule has 1 fully saturated rings. The molecule has 1 rings (SSSR count). The Kier molecular flexibility index (Phi) is 4.84. The van der Waals surface area contributed by atoms with Crippen LogP contribution in [0.5, 0.6) is 0 Å². The molecule has 0 aromatic rings. The molecule has 1 saturated heterocycles. The van der Waals surface area contributed by atoms with Gasteiger partial charge in [-0.1, -0.05) is 13.3 Å². The maximum absolute atomic E-state index is 11.5. The third kappa shape index (κ3) is 4.39. The third-order valence-corrected chi connectivity index (χ3v) is 3.97. The van der Waals surface area contributed by atoms with E-state index in [-0.39, 0.29) is 11.8 Å². The van der Waals surface area contributed by atoms with E-state index in [4.69, 9.17) is 0 Å². The van der Waals surface area contributed by atoms with Crippen molar-refractivity contribution in [2.24, 2.45) is 0 Å². The Labute approximate surface area is 86.5 Å². The summed E-state index contributed by atoms with van der Waals surface area (Å²) >= 11 is 0. The summed E-state index contributed by atoms with van der Waals surface area (Å²) in [4.78, 5) is 0. The van der Waals surface area contributed by atoms with Gasteiger partial charge in [0.1, 0.15) is 0 Å². The van der Waals surface area contributed by atoms with E-state index >= 15 is 0 Å². The molecule has 0 aromatic carbocycles. The number of rotatable bonds is 5. The van der Waals surface area contributed by atoms with Crippen molar-refractivity contribution < 1.29 is 8.42 Å². The highest BCUT2D eigenvalue weighted by Gasteiger charge is 2.18. The first-order valence-electron chi connectivity index (χ1n) is 5.35. The molecule has 1 heterocycles. The largest absolute Gasteiger partial charge is 0.317 e. The van der Waals surface area contributed by atoms with E-state index in [2.05, 4.69) is 10.0 Å². The van der Waals surface area contributed by atoms with Crippen molar-refractivity contribution in [2.45, 2.75) is 38.6 Å². The van der Waals surface area contributed by atoms with E-state index in [1.807, 2.05) is 6.92 Å². The van der Waals surface area contributed by atoms with Crippen LogP contribution in [0.15, 0.2) is 0 Å². The molecule has 2 N–H and O–H groups in total. The first kappa shape index (κ1) is 11.9. The molecular weight excluding hydrogens is 200 g/mol. The van der Waals surface area contributed by atoms with E-state index in [1.165, 1.54) is 0 Å². The maximum atomic E-state index is 11.5. The molecule has 0 bridgehead atoms. The average molecular weight is 220 g/mol. The molecule has 84 valence electrons. The van der Waals surface area contributed by atoms with Crippen LogP contribution in [0.1, 0.15) is 32.6 Å². The van der Waals surface area contributed by atoms with Crippen LogP contribution in [0.3, 0.4) is 0 Å². The lowest BCUT2D eigenvalue weighted by Gasteiger charge is -2.23. The third-order valence-electron chi connectivity index (χ3n) is 2.45. The van der Waals surface area contributed by atoms with Crippen LogP contribution >= 0.6 is 0 Å². The number of hydrogen-bond donors (Lipinski definition) is 2. The Balaban J connectivity index is 2.33. The summed E-state index contributed by atoms with van der Waals surface area (Å²) in [6.45, 7) is 3.84.